The molecular formula is C33H39N3O9. The van der Waals surface area contributed by atoms with Crippen molar-refractivity contribution in [3.05, 3.63) is 54.6 Å². The number of nitrogens with zero attached hydrogens (tertiary/aromatic N) is 3. The summed E-state index contributed by atoms with van der Waals surface area (Å²) < 4.78 is 32.8. The van der Waals surface area contributed by atoms with Crippen LogP contribution in [0.4, 0.5) is 0 Å². The van der Waals surface area contributed by atoms with E-state index < -0.39 is 0 Å². The summed E-state index contributed by atoms with van der Waals surface area (Å²) in [5.74, 6) is 1.05. The standard InChI is InChI=1S/C33H39N3O9/c1-4-13-40-19-43-22-7-10-25(28(37)16-22)31-34-32(26-11-8-23(17-29(26)38)44-20-41-14-5-2)36-33(35-31)27-12-9-24(18-30(27)39)45-21-42-15-6-3/h7-12,16-18,37-39H,4-6,13-15,19-21H2,1-3H3. The van der Waals surface area contributed by atoms with E-state index >= 15 is 0 Å². The topological polar surface area (TPSA) is 155 Å². The molecule has 12 heteroatoms. The molecule has 1 heterocycles. The van der Waals surface area contributed by atoms with E-state index in [9.17, 15) is 15.3 Å². The molecule has 0 aliphatic heterocycles. The number of ether oxygens (including phenoxy) is 6. The van der Waals surface area contributed by atoms with Crippen molar-refractivity contribution in [3.8, 4) is 68.7 Å². The summed E-state index contributed by atoms with van der Waals surface area (Å²) in [7, 11) is 0. The van der Waals surface area contributed by atoms with Gasteiger partial charge in [-0.05, 0) is 55.7 Å². The Kier molecular flexibility index (Phi) is 12.6. The summed E-state index contributed by atoms with van der Waals surface area (Å²) >= 11 is 0. The first kappa shape index (κ1) is 33.2. The van der Waals surface area contributed by atoms with Crippen molar-refractivity contribution in [2.75, 3.05) is 40.2 Å². The lowest BCUT2D eigenvalue weighted by molar-refractivity contribution is 0.0154. The van der Waals surface area contributed by atoms with E-state index in [2.05, 4.69) is 15.0 Å². The first-order valence-electron chi connectivity index (χ1n) is 14.8. The van der Waals surface area contributed by atoms with Crippen molar-refractivity contribution in [2.24, 2.45) is 0 Å². The zero-order valence-electron chi connectivity index (χ0n) is 25.7. The van der Waals surface area contributed by atoms with E-state index in [0.717, 1.165) is 19.3 Å². The van der Waals surface area contributed by atoms with Crippen molar-refractivity contribution in [1.82, 2.24) is 15.0 Å². The fourth-order valence-corrected chi connectivity index (χ4v) is 4.05. The minimum absolute atomic E-state index is 0.0418. The molecule has 4 rings (SSSR count). The first-order valence-corrected chi connectivity index (χ1v) is 14.8. The zero-order chi connectivity index (χ0) is 32.0. The highest BCUT2D eigenvalue weighted by atomic mass is 16.7. The Morgan fingerprint density at radius 2 is 0.756 bits per heavy atom. The third-order valence-electron chi connectivity index (χ3n) is 6.24. The molecule has 240 valence electrons. The SMILES string of the molecule is CCCOCOc1ccc(-c2nc(-c3ccc(OCOCCC)cc3O)nc(-c3ccc(OCOCCC)cc3O)n2)c(O)c1. The van der Waals surface area contributed by atoms with Gasteiger partial charge in [0.15, 0.2) is 37.9 Å². The van der Waals surface area contributed by atoms with Gasteiger partial charge in [-0.15, -0.1) is 0 Å². The normalized spacial score (nSPS) is 11.0. The number of phenolic OH excluding ortho intramolecular Hbond substituents is 3. The summed E-state index contributed by atoms with van der Waals surface area (Å²) in [5.41, 5.74) is 0.838. The van der Waals surface area contributed by atoms with Gasteiger partial charge in [0, 0.05) is 18.2 Å². The van der Waals surface area contributed by atoms with Gasteiger partial charge in [0.05, 0.1) is 36.5 Å². The van der Waals surface area contributed by atoms with Gasteiger partial charge < -0.3 is 43.7 Å². The molecule has 0 fully saturated rings. The monoisotopic (exact) mass is 621 g/mol. The van der Waals surface area contributed by atoms with Crippen molar-refractivity contribution in [1.29, 1.82) is 0 Å². The van der Waals surface area contributed by atoms with E-state index in [0.29, 0.717) is 37.1 Å². The van der Waals surface area contributed by atoms with Crippen molar-refractivity contribution >= 4 is 0 Å². The third kappa shape index (κ3) is 9.42. The molecule has 0 atom stereocenters. The molecule has 3 aromatic carbocycles. The predicted octanol–water partition coefficient (Wildman–Crippen LogP) is 6.28. The van der Waals surface area contributed by atoms with Crippen LogP contribution in [0.15, 0.2) is 54.6 Å². The molecule has 0 aliphatic carbocycles. The molecule has 3 N–H and O–H groups in total. The molecule has 0 radical (unpaired) electrons. The van der Waals surface area contributed by atoms with E-state index in [4.69, 9.17) is 28.4 Å². The number of aromatic nitrogens is 3. The van der Waals surface area contributed by atoms with Crippen LogP contribution in [-0.4, -0.2) is 70.5 Å². The summed E-state index contributed by atoms with van der Waals surface area (Å²) in [5, 5.41) is 32.8. The molecule has 12 nitrogen and oxygen atoms in total. The molecule has 0 bridgehead atoms. The molecule has 0 saturated carbocycles. The molecule has 0 amide bonds. The Morgan fingerprint density at radius 3 is 1.00 bits per heavy atom. The molecule has 1 aromatic heterocycles. The van der Waals surface area contributed by atoms with Gasteiger partial charge in [-0.2, -0.15) is 0 Å². The van der Waals surface area contributed by atoms with Crippen molar-refractivity contribution in [2.45, 2.75) is 40.0 Å². The summed E-state index contributed by atoms with van der Waals surface area (Å²) in [6.45, 7) is 7.78. The fourth-order valence-electron chi connectivity index (χ4n) is 4.05. The molecule has 4 aromatic rings. The van der Waals surface area contributed by atoms with Crippen molar-refractivity contribution < 1.29 is 43.7 Å². The Labute approximate surface area is 262 Å². The van der Waals surface area contributed by atoms with Gasteiger partial charge in [-0.1, -0.05) is 20.8 Å². The van der Waals surface area contributed by atoms with Crippen LogP contribution in [0.5, 0.6) is 34.5 Å². The fraction of sp³-hybridized carbons (Fsp3) is 0.364. The Bertz CT molecular complexity index is 1340. The molecular weight excluding hydrogens is 582 g/mol. The lowest BCUT2D eigenvalue weighted by Crippen LogP contribution is -2.04. The summed E-state index contributed by atoms with van der Waals surface area (Å²) in [4.78, 5) is 13.7. The average Bonchev–Trinajstić information content (AvgIpc) is 3.03. The largest absolute Gasteiger partial charge is 0.507 e. The van der Waals surface area contributed by atoms with E-state index in [-0.39, 0.29) is 71.8 Å². The van der Waals surface area contributed by atoms with Crippen LogP contribution in [0.2, 0.25) is 0 Å². The number of benzene rings is 3. The minimum atomic E-state index is -0.147. The van der Waals surface area contributed by atoms with Gasteiger partial charge in [-0.25, -0.2) is 15.0 Å². The average molecular weight is 622 g/mol. The van der Waals surface area contributed by atoms with E-state index in [1.165, 1.54) is 18.2 Å². The highest BCUT2D eigenvalue weighted by Crippen LogP contribution is 2.37. The predicted molar refractivity (Wildman–Crippen MR) is 166 cm³/mol. The molecule has 45 heavy (non-hydrogen) atoms. The first-order chi connectivity index (χ1) is 21.9. The van der Waals surface area contributed by atoms with Crippen molar-refractivity contribution in [3.63, 3.8) is 0 Å². The Morgan fingerprint density at radius 1 is 0.467 bits per heavy atom. The molecule has 0 unspecified atom stereocenters. The second-order valence-corrected chi connectivity index (χ2v) is 9.85. The highest BCUT2D eigenvalue weighted by molar-refractivity contribution is 5.74. The number of rotatable bonds is 18. The molecule has 0 aliphatic rings. The quantitative estimate of drug-likeness (QED) is 0.0846. The lowest BCUT2D eigenvalue weighted by atomic mass is 10.1. The second kappa shape index (κ2) is 17.0. The maximum Gasteiger partial charge on any atom is 0.189 e. The van der Waals surface area contributed by atoms with Gasteiger partial charge in [-0.3, -0.25) is 0 Å². The lowest BCUT2D eigenvalue weighted by Gasteiger charge is -2.13. The molecule has 0 saturated heterocycles. The maximum atomic E-state index is 10.9. The van der Waals surface area contributed by atoms with Crippen LogP contribution in [0.3, 0.4) is 0 Å². The van der Waals surface area contributed by atoms with E-state index in [1.807, 2.05) is 20.8 Å². The van der Waals surface area contributed by atoms with Gasteiger partial charge in [0.2, 0.25) is 0 Å². The third-order valence-corrected chi connectivity index (χ3v) is 6.24. The minimum Gasteiger partial charge on any atom is -0.507 e. The molecule has 0 spiro atoms. The smallest absolute Gasteiger partial charge is 0.189 e. The summed E-state index contributed by atoms with van der Waals surface area (Å²) in [6.07, 6.45) is 2.57. The van der Waals surface area contributed by atoms with Gasteiger partial charge in [0.1, 0.15) is 34.5 Å². The maximum absolute atomic E-state index is 10.9. The zero-order valence-corrected chi connectivity index (χ0v) is 25.7. The van der Waals surface area contributed by atoms with Gasteiger partial charge >= 0.3 is 0 Å². The van der Waals surface area contributed by atoms with Crippen LogP contribution in [0, 0.1) is 0 Å². The number of aromatic hydroxyl groups is 3. The van der Waals surface area contributed by atoms with E-state index in [1.54, 1.807) is 36.4 Å². The number of hydrogen-bond donors (Lipinski definition) is 3. The van der Waals surface area contributed by atoms with Crippen LogP contribution < -0.4 is 14.2 Å². The van der Waals surface area contributed by atoms with Crippen LogP contribution in [-0.2, 0) is 14.2 Å². The summed E-state index contributed by atoms with van der Waals surface area (Å²) in [6, 6.07) is 14.1. The van der Waals surface area contributed by atoms with Crippen LogP contribution >= 0.6 is 0 Å². The highest BCUT2D eigenvalue weighted by Gasteiger charge is 2.19. The second-order valence-electron chi connectivity index (χ2n) is 9.85. The van der Waals surface area contributed by atoms with Crippen LogP contribution in [0.1, 0.15) is 40.0 Å². The number of hydrogen-bond acceptors (Lipinski definition) is 12. The van der Waals surface area contributed by atoms with Crippen LogP contribution in [0.25, 0.3) is 34.2 Å². The number of phenols is 3. The Hall–Kier alpha value is -4.65. The Balaban J connectivity index is 1.70. The van der Waals surface area contributed by atoms with Gasteiger partial charge in [0.25, 0.3) is 0 Å².